The second-order valence-electron chi connectivity index (χ2n) is 4.14. The van der Waals surface area contributed by atoms with Crippen LogP contribution in [0.15, 0.2) is 23.1 Å². The van der Waals surface area contributed by atoms with E-state index in [-0.39, 0.29) is 0 Å². The summed E-state index contributed by atoms with van der Waals surface area (Å²) >= 11 is 4.20. The molecule has 1 aromatic rings. The van der Waals surface area contributed by atoms with Gasteiger partial charge in [-0.25, -0.2) is 0 Å². The Morgan fingerprint density at radius 1 is 1.33 bits per heavy atom. The molecule has 0 amide bonds. The fourth-order valence-corrected chi connectivity index (χ4v) is 2.28. The van der Waals surface area contributed by atoms with E-state index in [1.165, 1.54) is 0 Å². The van der Waals surface area contributed by atoms with E-state index in [0.717, 1.165) is 10.5 Å². The molecule has 0 radical (unpaired) electrons. The number of hydrogen-bond donors (Lipinski definition) is 3. The summed E-state index contributed by atoms with van der Waals surface area (Å²) in [5.41, 5.74) is 0.924. The minimum Gasteiger partial charge on any atom is -0.489 e. The van der Waals surface area contributed by atoms with Gasteiger partial charge >= 0.3 is 11.9 Å². The quantitative estimate of drug-likeness (QED) is 0.571. The largest absolute Gasteiger partial charge is 0.489 e. The van der Waals surface area contributed by atoms with Crippen LogP contribution in [0.3, 0.4) is 0 Å². The van der Waals surface area contributed by atoms with Gasteiger partial charge in [0.2, 0.25) is 0 Å². The second kappa shape index (κ2) is 4.89. The summed E-state index contributed by atoms with van der Waals surface area (Å²) in [4.78, 5) is 22.7. The standard InChI is InChI=1S/C12H12O5S/c13-11(14)10(12(15)16)9-3-1-6-5-7(18)2-4-8(6)17-9/h2,4-5,9-10,18H,1,3H2,(H,13,14)(H,15,16). The number of ether oxygens (including phenoxy) is 1. The first-order chi connectivity index (χ1) is 8.49. The lowest BCUT2D eigenvalue weighted by Crippen LogP contribution is -2.40. The number of hydrogen-bond acceptors (Lipinski definition) is 4. The van der Waals surface area contributed by atoms with Gasteiger partial charge in [-0.15, -0.1) is 12.6 Å². The maximum atomic E-state index is 10.9. The number of aryl methyl sites for hydroxylation is 1. The SMILES string of the molecule is O=C(O)C(C(=O)O)C1CCc2cc(S)ccc2O1. The van der Waals surface area contributed by atoms with Crippen LogP contribution in [0.1, 0.15) is 12.0 Å². The molecule has 0 spiro atoms. The summed E-state index contributed by atoms with van der Waals surface area (Å²) in [5.74, 6) is -3.74. The van der Waals surface area contributed by atoms with Crippen molar-refractivity contribution in [2.75, 3.05) is 0 Å². The van der Waals surface area contributed by atoms with Crippen LogP contribution >= 0.6 is 12.6 Å². The third kappa shape index (κ3) is 2.43. The molecule has 96 valence electrons. The van der Waals surface area contributed by atoms with Crippen molar-refractivity contribution < 1.29 is 24.5 Å². The van der Waals surface area contributed by atoms with Gasteiger partial charge in [0.1, 0.15) is 11.9 Å². The first-order valence-corrected chi connectivity index (χ1v) is 5.88. The maximum absolute atomic E-state index is 10.9. The summed E-state index contributed by atoms with van der Waals surface area (Å²) in [6.07, 6.45) is 0.122. The van der Waals surface area contributed by atoms with Crippen LogP contribution in [0.4, 0.5) is 0 Å². The summed E-state index contributed by atoms with van der Waals surface area (Å²) < 4.78 is 5.48. The van der Waals surface area contributed by atoms with Crippen molar-refractivity contribution in [3.8, 4) is 5.75 Å². The predicted octanol–water partition coefficient (Wildman–Crippen LogP) is 1.45. The van der Waals surface area contributed by atoms with Crippen molar-refractivity contribution in [2.24, 2.45) is 5.92 Å². The van der Waals surface area contributed by atoms with Crippen molar-refractivity contribution in [3.05, 3.63) is 23.8 Å². The summed E-state index contributed by atoms with van der Waals surface area (Å²) in [6, 6.07) is 5.25. The van der Waals surface area contributed by atoms with E-state index < -0.39 is 24.0 Å². The number of carboxylic acid groups (broad SMARTS) is 2. The van der Waals surface area contributed by atoms with Gasteiger partial charge in [0.05, 0.1) is 0 Å². The van der Waals surface area contributed by atoms with E-state index in [0.29, 0.717) is 18.6 Å². The average Bonchev–Trinajstić information content (AvgIpc) is 2.28. The molecule has 1 unspecified atom stereocenters. The third-order valence-corrected chi connectivity index (χ3v) is 3.20. The van der Waals surface area contributed by atoms with E-state index >= 15 is 0 Å². The average molecular weight is 268 g/mol. The van der Waals surface area contributed by atoms with Gasteiger partial charge in [-0.3, -0.25) is 9.59 Å². The number of benzene rings is 1. The Balaban J connectivity index is 2.23. The molecule has 2 N–H and O–H groups in total. The Hall–Kier alpha value is -1.69. The zero-order chi connectivity index (χ0) is 13.3. The zero-order valence-corrected chi connectivity index (χ0v) is 10.3. The first kappa shape index (κ1) is 12.8. The fraction of sp³-hybridized carbons (Fsp3) is 0.333. The lowest BCUT2D eigenvalue weighted by atomic mass is 9.93. The van der Waals surface area contributed by atoms with Gasteiger partial charge in [0.15, 0.2) is 5.92 Å². The monoisotopic (exact) mass is 268 g/mol. The highest BCUT2D eigenvalue weighted by atomic mass is 32.1. The van der Waals surface area contributed by atoms with Crippen LogP contribution in [0, 0.1) is 5.92 Å². The number of carbonyl (C=O) groups is 2. The Morgan fingerprint density at radius 3 is 2.61 bits per heavy atom. The molecule has 5 nitrogen and oxygen atoms in total. The number of rotatable bonds is 3. The highest BCUT2D eigenvalue weighted by Crippen LogP contribution is 2.32. The van der Waals surface area contributed by atoms with Gasteiger partial charge in [0, 0.05) is 4.90 Å². The molecule has 0 bridgehead atoms. The molecule has 0 fully saturated rings. The van der Waals surface area contributed by atoms with E-state index in [1.54, 1.807) is 12.1 Å². The van der Waals surface area contributed by atoms with Crippen LogP contribution in [-0.2, 0) is 16.0 Å². The lowest BCUT2D eigenvalue weighted by Gasteiger charge is -2.28. The van der Waals surface area contributed by atoms with Crippen molar-refractivity contribution in [2.45, 2.75) is 23.8 Å². The Morgan fingerprint density at radius 2 is 2.00 bits per heavy atom. The number of carboxylic acids is 2. The van der Waals surface area contributed by atoms with Crippen LogP contribution in [-0.4, -0.2) is 28.3 Å². The molecule has 2 rings (SSSR count). The molecule has 1 aliphatic heterocycles. The Labute approximate surface area is 109 Å². The fourth-order valence-electron chi connectivity index (χ4n) is 2.05. The number of thiol groups is 1. The molecule has 1 aliphatic rings. The molecule has 18 heavy (non-hydrogen) atoms. The molecular formula is C12H12O5S. The minimum atomic E-state index is -1.53. The molecule has 1 heterocycles. The van der Waals surface area contributed by atoms with Crippen LogP contribution in [0.25, 0.3) is 0 Å². The number of fused-ring (bicyclic) bond motifs is 1. The van der Waals surface area contributed by atoms with E-state index in [1.807, 2.05) is 6.07 Å². The Bertz CT molecular complexity index is 485. The lowest BCUT2D eigenvalue weighted by molar-refractivity contribution is -0.159. The molecule has 0 saturated carbocycles. The smallest absolute Gasteiger partial charge is 0.321 e. The summed E-state index contributed by atoms with van der Waals surface area (Å²) in [7, 11) is 0. The third-order valence-electron chi connectivity index (χ3n) is 2.92. The van der Waals surface area contributed by atoms with Gasteiger partial charge < -0.3 is 14.9 Å². The normalized spacial score (nSPS) is 18.0. The minimum absolute atomic E-state index is 0.369. The molecule has 0 aliphatic carbocycles. The number of aliphatic carboxylic acids is 2. The van der Waals surface area contributed by atoms with Crippen LogP contribution in [0.2, 0.25) is 0 Å². The van der Waals surface area contributed by atoms with E-state index in [9.17, 15) is 9.59 Å². The zero-order valence-electron chi connectivity index (χ0n) is 9.37. The van der Waals surface area contributed by atoms with Gasteiger partial charge in [0.25, 0.3) is 0 Å². The molecular weight excluding hydrogens is 256 g/mol. The topological polar surface area (TPSA) is 83.8 Å². The van der Waals surface area contributed by atoms with Crippen LogP contribution in [0.5, 0.6) is 5.75 Å². The van der Waals surface area contributed by atoms with Gasteiger partial charge in [-0.1, -0.05) is 0 Å². The van der Waals surface area contributed by atoms with Crippen molar-refractivity contribution in [1.29, 1.82) is 0 Å². The molecule has 1 aromatic carbocycles. The Kier molecular flexibility index (Phi) is 3.47. The maximum Gasteiger partial charge on any atom is 0.321 e. The first-order valence-electron chi connectivity index (χ1n) is 5.43. The summed E-state index contributed by atoms with van der Waals surface area (Å²) in [6.45, 7) is 0. The molecule has 1 atom stereocenters. The van der Waals surface area contributed by atoms with Gasteiger partial charge in [-0.05, 0) is 36.6 Å². The molecule has 0 aromatic heterocycles. The van der Waals surface area contributed by atoms with Crippen molar-refractivity contribution in [1.82, 2.24) is 0 Å². The molecule has 6 heteroatoms. The second-order valence-corrected chi connectivity index (χ2v) is 4.66. The highest BCUT2D eigenvalue weighted by Gasteiger charge is 2.38. The summed E-state index contributed by atoms with van der Waals surface area (Å²) in [5, 5.41) is 17.8. The van der Waals surface area contributed by atoms with Crippen LogP contribution < -0.4 is 4.74 Å². The highest BCUT2D eigenvalue weighted by molar-refractivity contribution is 7.80. The molecule has 0 saturated heterocycles. The van der Waals surface area contributed by atoms with E-state index in [4.69, 9.17) is 14.9 Å². The van der Waals surface area contributed by atoms with E-state index in [2.05, 4.69) is 12.6 Å². The predicted molar refractivity (Wildman–Crippen MR) is 65.2 cm³/mol. The van der Waals surface area contributed by atoms with Crippen molar-refractivity contribution in [3.63, 3.8) is 0 Å². The van der Waals surface area contributed by atoms with Crippen molar-refractivity contribution >= 4 is 24.6 Å². The van der Waals surface area contributed by atoms with Gasteiger partial charge in [-0.2, -0.15) is 0 Å².